The molecule has 0 amide bonds. The van der Waals surface area contributed by atoms with E-state index in [9.17, 15) is 0 Å². The van der Waals surface area contributed by atoms with Gasteiger partial charge in [-0.25, -0.2) is 0 Å². The largest absolute Gasteiger partial charge is 0.161 e. The summed E-state index contributed by atoms with van der Waals surface area (Å²) in [6.07, 6.45) is 2.12. The molecule has 0 bridgehead atoms. The molecule has 0 saturated heterocycles. The van der Waals surface area contributed by atoms with Crippen LogP contribution in [0.15, 0.2) is 24.3 Å². The van der Waals surface area contributed by atoms with Crippen molar-refractivity contribution in [3.8, 4) is 0 Å². The summed E-state index contributed by atoms with van der Waals surface area (Å²) in [6, 6.07) is 8.69. The topological polar surface area (TPSA) is 0 Å². The second kappa shape index (κ2) is 7.23. The van der Waals surface area contributed by atoms with E-state index in [4.69, 9.17) is 0 Å². The number of aryl methyl sites for hydroxylation is 1. The molecule has 0 aliphatic carbocycles. The van der Waals surface area contributed by atoms with E-state index < -0.39 is 0 Å². The Bertz CT molecular complexity index is 189. The Morgan fingerprint density at radius 3 is 2.00 bits per heavy atom. The van der Waals surface area contributed by atoms with Gasteiger partial charge >= 0.3 is 0 Å². The minimum absolute atomic E-state index is 1.13. The van der Waals surface area contributed by atoms with Crippen molar-refractivity contribution in [3.63, 3.8) is 0 Å². The van der Waals surface area contributed by atoms with Gasteiger partial charge in [-0.15, -0.1) is 0 Å². The van der Waals surface area contributed by atoms with Gasteiger partial charge in [0, 0.05) is 5.75 Å². The monoisotopic (exact) mass is 182 g/mol. The third-order valence-electron chi connectivity index (χ3n) is 1.43. The molecule has 0 nitrogen and oxygen atoms in total. The Labute approximate surface area is 80.4 Å². The average molecular weight is 182 g/mol. The van der Waals surface area contributed by atoms with Gasteiger partial charge in [-0.3, -0.25) is 0 Å². The van der Waals surface area contributed by atoms with Crippen molar-refractivity contribution in [3.05, 3.63) is 35.4 Å². The fourth-order valence-electron chi connectivity index (χ4n) is 0.851. The summed E-state index contributed by atoms with van der Waals surface area (Å²) in [5, 5.41) is 0. The first-order valence-electron chi connectivity index (χ1n) is 4.37. The highest BCUT2D eigenvalue weighted by Gasteiger charge is 1.88. The lowest BCUT2D eigenvalue weighted by molar-refractivity contribution is 1.37. The lowest BCUT2D eigenvalue weighted by Crippen LogP contribution is -1.78. The minimum atomic E-state index is 1.13. The first kappa shape index (κ1) is 11.6. The number of hydrogen-bond acceptors (Lipinski definition) is 1. The number of hydrogen-bond donors (Lipinski definition) is 0. The average Bonchev–Trinajstić information content (AvgIpc) is 2.13. The van der Waals surface area contributed by atoms with Crippen LogP contribution < -0.4 is 0 Å². The van der Waals surface area contributed by atoms with Crippen molar-refractivity contribution in [2.24, 2.45) is 0 Å². The van der Waals surface area contributed by atoms with Gasteiger partial charge in [0.05, 0.1) is 0 Å². The van der Waals surface area contributed by atoms with Crippen molar-refractivity contribution in [1.29, 1.82) is 0 Å². The second-order valence-electron chi connectivity index (χ2n) is 2.42. The first-order valence-corrected chi connectivity index (χ1v) is 5.77. The van der Waals surface area contributed by atoms with Crippen molar-refractivity contribution >= 4 is 11.8 Å². The SMILES string of the molecule is CC.CSCc1ccc(C)cc1. The summed E-state index contributed by atoms with van der Waals surface area (Å²) in [4.78, 5) is 0. The molecule has 1 aromatic rings. The molecular formula is C11H18S. The fraction of sp³-hybridized carbons (Fsp3) is 0.455. The zero-order chi connectivity index (χ0) is 9.40. The Balaban J connectivity index is 0.000000561. The third-order valence-corrected chi connectivity index (χ3v) is 2.05. The van der Waals surface area contributed by atoms with E-state index in [-0.39, 0.29) is 0 Å². The van der Waals surface area contributed by atoms with Crippen molar-refractivity contribution in [2.75, 3.05) is 6.26 Å². The van der Waals surface area contributed by atoms with Crippen LogP contribution in [-0.2, 0) is 5.75 Å². The zero-order valence-corrected chi connectivity index (χ0v) is 9.24. The number of benzene rings is 1. The molecule has 1 heteroatoms. The molecule has 68 valence electrons. The Hall–Kier alpha value is -0.430. The maximum absolute atomic E-state index is 2.19. The van der Waals surface area contributed by atoms with Crippen LogP contribution in [0.2, 0.25) is 0 Å². The lowest BCUT2D eigenvalue weighted by Gasteiger charge is -1.97. The van der Waals surface area contributed by atoms with Crippen LogP contribution in [0.1, 0.15) is 25.0 Å². The van der Waals surface area contributed by atoms with Crippen molar-refractivity contribution in [1.82, 2.24) is 0 Å². The normalized spacial score (nSPS) is 8.67. The van der Waals surface area contributed by atoms with Crippen LogP contribution in [0.3, 0.4) is 0 Å². The van der Waals surface area contributed by atoms with E-state index in [1.54, 1.807) is 0 Å². The van der Waals surface area contributed by atoms with Crippen LogP contribution in [-0.4, -0.2) is 6.26 Å². The third kappa shape index (κ3) is 4.45. The van der Waals surface area contributed by atoms with Crippen LogP contribution in [0.5, 0.6) is 0 Å². The van der Waals surface area contributed by atoms with Crippen LogP contribution in [0, 0.1) is 6.92 Å². The molecule has 0 N–H and O–H groups in total. The van der Waals surface area contributed by atoms with E-state index in [0.29, 0.717) is 0 Å². The maximum Gasteiger partial charge on any atom is 0.0181 e. The fourth-order valence-corrected chi connectivity index (χ4v) is 1.38. The summed E-state index contributed by atoms with van der Waals surface area (Å²) < 4.78 is 0. The highest BCUT2D eigenvalue weighted by Crippen LogP contribution is 2.09. The van der Waals surface area contributed by atoms with E-state index in [1.807, 2.05) is 25.6 Å². The predicted molar refractivity (Wildman–Crippen MR) is 59.7 cm³/mol. The quantitative estimate of drug-likeness (QED) is 0.669. The first-order chi connectivity index (χ1) is 5.83. The highest BCUT2D eigenvalue weighted by molar-refractivity contribution is 7.97. The number of rotatable bonds is 2. The Morgan fingerprint density at radius 1 is 1.08 bits per heavy atom. The molecule has 0 aliphatic heterocycles. The molecule has 0 aromatic heterocycles. The van der Waals surface area contributed by atoms with E-state index in [2.05, 4.69) is 37.4 Å². The Morgan fingerprint density at radius 2 is 1.58 bits per heavy atom. The van der Waals surface area contributed by atoms with Gasteiger partial charge in [0.2, 0.25) is 0 Å². The number of thioether (sulfide) groups is 1. The highest BCUT2D eigenvalue weighted by atomic mass is 32.2. The van der Waals surface area contributed by atoms with Gasteiger partial charge in [0.1, 0.15) is 0 Å². The molecule has 0 spiro atoms. The van der Waals surface area contributed by atoms with Crippen molar-refractivity contribution < 1.29 is 0 Å². The molecule has 0 atom stereocenters. The molecule has 0 heterocycles. The summed E-state index contributed by atoms with van der Waals surface area (Å²) in [6.45, 7) is 6.11. The summed E-state index contributed by atoms with van der Waals surface area (Å²) in [5.41, 5.74) is 2.75. The molecule has 0 radical (unpaired) electrons. The van der Waals surface area contributed by atoms with Gasteiger partial charge in [-0.05, 0) is 18.7 Å². The smallest absolute Gasteiger partial charge is 0.0181 e. The maximum atomic E-state index is 2.19. The lowest BCUT2D eigenvalue weighted by atomic mass is 10.2. The summed E-state index contributed by atoms with van der Waals surface area (Å²) >= 11 is 1.86. The zero-order valence-electron chi connectivity index (χ0n) is 8.42. The van der Waals surface area contributed by atoms with Gasteiger partial charge in [0.15, 0.2) is 0 Å². The summed E-state index contributed by atoms with van der Waals surface area (Å²) in [5.74, 6) is 1.13. The van der Waals surface area contributed by atoms with E-state index in [1.165, 1.54) is 11.1 Å². The van der Waals surface area contributed by atoms with Crippen LogP contribution in [0.25, 0.3) is 0 Å². The predicted octanol–water partition coefficient (Wildman–Crippen LogP) is 3.88. The Kier molecular flexibility index (Phi) is 6.97. The minimum Gasteiger partial charge on any atom is -0.161 e. The van der Waals surface area contributed by atoms with Gasteiger partial charge in [0.25, 0.3) is 0 Å². The van der Waals surface area contributed by atoms with Gasteiger partial charge < -0.3 is 0 Å². The molecule has 12 heavy (non-hydrogen) atoms. The molecular weight excluding hydrogens is 164 g/mol. The molecule has 0 fully saturated rings. The molecule has 0 saturated carbocycles. The molecule has 0 unspecified atom stereocenters. The van der Waals surface area contributed by atoms with Crippen LogP contribution >= 0.6 is 11.8 Å². The van der Waals surface area contributed by atoms with Crippen molar-refractivity contribution in [2.45, 2.75) is 26.5 Å². The van der Waals surface area contributed by atoms with Gasteiger partial charge in [-0.2, -0.15) is 11.8 Å². The standard InChI is InChI=1S/C9H12S.C2H6/c1-8-3-5-9(6-4-8)7-10-2;1-2/h3-6H,7H2,1-2H3;1-2H3. The van der Waals surface area contributed by atoms with E-state index >= 15 is 0 Å². The molecule has 1 rings (SSSR count). The molecule has 1 aromatic carbocycles. The second-order valence-corrected chi connectivity index (χ2v) is 3.28. The van der Waals surface area contributed by atoms with E-state index in [0.717, 1.165) is 5.75 Å². The molecule has 0 aliphatic rings. The van der Waals surface area contributed by atoms with Crippen LogP contribution in [0.4, 0.5) is 0 Å². The van der Waals surface area contributed by atoms with Gasteiger partial charge in [-0.1, -0.05) is 43.7 Å². The summed E-state index contributed by atoms with van der Waals surface area (Å²) in [7, 11) is 0.